The van der Waals surface area contributed by atoms with Crippen LogP contribution in [0.2, 0.25) is 0 Å². The number of hydrogen-bond acceptors (Lipinski definition) is 2. The van der Waals surface area contributed by atoms with Gasteiger partial charge in [0.15, 0.2) is 0 Å². The average Bonchev–Trinajstić information content (AvgIpc) is 2.56. The molecule has 2 atom stereocenters. The summed E-state index contributed by atoms with van der Waals surface area (Å²) < 4.78 is 0. The quantitative estimate of drug-likeness (QED) is 0.549. The summed E-state index contributed by atoms with van der Waals surface area (Å²) in [6.07, 6.45) is 13.8. The first-order chi connectivity index (χ1) is 6.45. The molecule has 0 spiro atoms. The van der Waals surface area contributed by atoms with Crippen LogP contribution in [0.1, 0.15) is 25.7 Å². The Morgan fingerprint density at radius 1 is 1.23 bits per heavy atom. The molecule has 0 aromatic carbocycles. The Bertz CT molecular complexity index is 301. The van der Waals surface area contributed by atoms with E-state index in [0.29, 0.717) is 12.1 Å². The zero-order chi connectivity index (χ0) is 8.67. The first-order valence-corrected chi connectivity index (χ1v) is 5.16. The fraction of sp³-hybridized carbons (Fsp3) is 0.545. The number of rotatable bonds is 0. The van der Waals surface area contributed by atoms with Gasteiger partial charge in [0.2, 0.25) is 0 Å². The SMILES string of the molecule is C1=CC2=NC3CCCCC3N2C=C1. The van der Waals surface area contributed by atoms with Crippen molar-refractivity contribution in [2.24, 2.45) is 4.99 Å². The number of amidine groups is 1. The summed E-state index contributed by atoms with van der Waals surface area (Å²) in [5.74, 6) is 1.18. The van der Waals surface area contributed by atoms with Crippen LogP contribution >= 0.6 is 0 Å². The van der Waals surface area contributed by atoms with Crippen LogP contribution in [-0.2, 0) is 0 Å². The van der Waals surface area contributed by atoms with E-state index in [1.165, 1.54) is 31.5 Å². The van der Waals surface area contributed by atoms with Gasteiger partial charge in [-0.3, -0.25) is 4.99 Å². The molecule has 1 saturated carbocycles. The third kappa shape index (κ3) is 1.05. The van der Waals surface area contributed by atoms with Gasteiger partial charge in [0.25, 0.3) is 0 Å². The fourth-order valence-corrected chi connectivity index (χ4v) is 2.57. The Kier molecular flexibility index (Phi) is 1.54. The van der Waals surface area contributed by atoms with Crippen molar-refractivity contribution in [1.82, 2.24) is 4.90 Å². The Morgan fingerprint density at radius 2 is 2.15 bits per heavy atom. The maximum absolute atomic E-state index is 4.74. The highest BCUT2D eigenvalue weighted by Gasteiger charge is 2.35. The van der Waals surface area contributed by atoms with Gasteiger partial charge in [-0.1, -0.05) is 18.9 Å². The molecule has 3 rings (SSSR count). The zero-order valence-corrected chi connectivity index (χ0v) is 7.69. The molecular weight excluding hydrogens is 160 g/mol. The molecule has 1 aliphatic carbocycles. The van der Waals surface area contributed by atoms with E-state index in [1.54, 1.807) is 0 Å². The van der Waals surface area contributed by atoms with Crippen LogP contribution in [0.3, 0.4) is 0 Å². The average molecular weight is 174 g/mol. The van der Waals surface area contributed by atoms with E-state index < -0.39 is 0 Å². The molecule has 0 aromatic heterocycles. The largest absolute Gasteiger partial charge is 0.328 e. The van der Waals surface area contributed by atoms with Crippen molar-refractivity contribution in [3.8, 4) is 0 Å². The van der Waals surface area contributed by atoms with Crippen LogP contribution in [0.25, 0.3) is 0 Å². The van der Waals surface area contributed by atoms with E-state index in [1.807, 2.05) is 0 Å². The third-order valence-corrected chi connectivity index (χ3v) is 3.22. The number of nitrogens with zero attached hydrogens (tertiary/aromatic N) is 2. The lowest BCUT2D eigenvalue weighted by Gasteiger charge is -2.30. The number of aliphatic imine (C=N–C) groups is 1. The van der Waals surface area contributed by atoms with Gasteiger partial charge in [-0.25, -0.2) is 0 Å². The second kappa shape index (κ2) is 2.72. The van der Waals surface area contributed by atoms with Crippen molar-refractivity contribution in [1.29, 1.82) is 0 Å². The van der Waals surface area contributed by atoms with Crippen LogP contribution in [-0.4, -0.2) is 22.8 Å². The second-order valence-corrected chi connectivity index (χ2v) is 4.01. The minimum absolute atomic E-state index is 0.580. The summed E-state index contributed by atoms with van der Waals surface area (Å²) in [4.78, 5) is 7.09. The molecule has 2 unspecified atom stereocenters. The molecule has 2 aliphatic heterocycles. The standard InChI is InChI=1S/C11H14N2/c1-2-6-10-9(5-1)12-11-7-3-4-8-13(10)11/h3-4,7-10H,1-2,5-6H2. The van der Waals surface area contributed by atoms with Gasteiger partial charge in [-0.2, -0.15) is 0 Å². The van der Waals surface area contributed by atoms with Crippen molar-refractivity contribution in [2.75, 3.05) is 0 Å². The summed E-state index contributed by atoms with van der Waals surface area (Å²) in [5, 5.41) is 0. The summed E-state index contributed by atoms with van der Waals surface area (Å²) in [7, 11) is 0. The van der Waals surface area contributed by atoms with Crippen molar-refractivity contribution in [3.63, 3.8) is 0 Å². The summed E-state index contributed by atoms with van der Waals surface area (Å²) in [6, 6.07) is 1.25. The minimum atomic E-state index is 0.580. The third-order valence-electron chi connectivity index (χ3n) is 3.22. The van der Waals surface area contributed by atoms with Gasteiger partial charge in [-0.15, -0.1) is 0 Å². The minimum Gasteiger partial charge on any atom is -0.328 e. The van der Waals surface area contributed by atoms with E-state index in [0.717, 1.165) is 0 Å². The van der Waals surface area contributed by atoms with Gasteiger partial charge in [-0.05, 0) is 25.0 Å². The normalized spacial score (nSPS) is 35.7. The van der Waals surface area contributed by atoms with Crippen LogP contribution in [0.4, 0.5) is 0 Å². The zero-order valence-electron chi connectivity index (χ0n) is 7.69. The van der Waals surface area contributed by atoms with Crippen LogP contribution < -0.4 is 0 Å². The maximum atomic E-state index is 4.74. The first-order valence-electron chi connectivity index (χ1n) is 5.16. The molecule has 2 heteroatoms. The molecule has 0 amide bonds. The Morgan fingerprint density at radius 3 is 3.15 bits per heavy atom. The van der Waals surface area contributed by atoms with Crippen molar-refractivity contribution in [3.05, 3.63) is 24.4 Å². The summed E-state index contributed by atoms with van der Waals surface area (Å²) in [5.41, 5.74) is 0. The summed E-state index contributed by atoms with van der Waals surface area (Å²) >= 11 is 0. The highest BCUT2D eigenvalue weighted by atomic mass is 15.3. The molecule has 3 aliphatic rings. The second-order valence-electron chi connectivity index (χ2n) is 4.01. The molecule has 2 heterocycles. The van der Waals surface area contributed by atoms with Crippen molar-refractivity contribution in [2.45, 2.75) is 37.8 Å². The van der Waals surface area contributed by atoms with E-state index in [-0.39, 0.29) is 0 Å². The fourth-order valence-electron chi connectivity index (χ4n) is 2.57. The Labute approximate surface area is 78.6 Å². The molecule has 68 valence electrons. The maximum Gasteiger partial charge on any atom is 0.128 e. The van der Waals surface area contributed by atoms with Gasteiger partial charge >= 0.3 is 0 Å². The van der Waals surface area contributed by atoms with Gasteiger partial charge in [0, 0.05) is 6.20 Å². The topological polar surface area (TPSA) is 15.6 Å². The lowest BCUT2D eigenvalue weighted by atomic mass is 9.91. The molecule has 1 fully saturated rings. The van der Waals surface area contributed by atoms with Gasteiger partial charge in [0.1, 0.15) is 5.84 Å². The molecule has 0 N–H and O–H groups in total. The monoisotopic (exact) mass is 174 g/mol. The van der Waals surface area contributed by atoms with Crippen LogP contribution in [0.5, 0.6) is 0 Å². The highest BCUT2D eigenvalue weighted by molar-refractivity contribution is 5.96. The number of hydrogen-bond donors (Lipinski definition) is 0. The molecule has 13 heavy (non-hydrogen) atoms. The molecule has 2 nitrogen and oxygen atoms in total. The summed E-state index contributed by atoms with van der Waals surface area (Å²) in [6.45, 7) is 0. The van der Waals surface area contributed by atoms with E-state index >= 15 is 0 Å². The van der Waals surface area contributed by atoms with Gasteiger partial charge < -0.3 is 4.90 Å². The predicted octanol–water partition coefficient (Wildman–Crippen LogP) is 2.10. The highest BCUT2D eigenvalue weighted by Crippen LogP contribution is 2.32. The van der Waals surface area contributed by atoms with E-state index in [2.05, 4.69) is 29.3 Å². The van der Waals surface area contributed by atoms with E-state index in [4.69, 9.17) is 4.99 Å². The lowest BCUT2D eigenvalue weighted by molar-refractivity contribution is 0.294. The van der Waals surface area contributed by atoms with E-state index in [9.17, 15) is 0 Å². The molecule has 0 radical (unpaired) electrons. The van der Waals surface area contributed by atoms with Crippen LogP contribution in [0, 0.1) is 0 Å². The smallest absolute Gasteiger partial charge is 0.128 e. The lowest BCUT2D eigenvalue weighted by Crippen LogP contribution is -2.37. The van der Waals surface area contributed by atoms with Crippen molar-refractivity contribution < 1.29 is 0 Å². The Hall–Kier alpha value is -1.05. The Balaban J connectivity index is 1.93. The first kappa shape index (κ1) is 7.36. The molecular formula is C11H14N2. The number of fused-ring (bicyclic) bond motifs is 3. The van der Waals surface area contributed by atoms with Crippen molar-refractivity contribution >= 4 is 5.84 Å². The van der Waals surface area contributed by atoms with Crippen LogP contribution in [0.15, 0.2) is 29.4 Å². The molecule has 0 bridgehead atoms. The van der Waals surface area contributed by atoms with Gasteiger partial charge in [0.05, 0.1) is 12.1 Å². The molecule has 0 saturated heterocycles. The molecule has 0 aromatic rings. The predicted molar refractivity (Wildman–Crippen MR) is 53.6 cm³/mol. The number of allylic oxidation sites excluding steroid dienone is 2.